The topological polar surface area (TPSA) is 159 Å². The lowest BCUT2D eigenvalue weighted by molar-refractivity contribution is -0.139. The summed E-state index contributed by atoms with van der Waals surface area (Å²) in [5.41, 5.74) is 8.14. The van der Waals surface area contributed by atoms with E-state index in [-0.39, 0.29) is 42.2 Å². The van der Waals surface area contributed by atoms with E-state index in [0.717, 1.165) is 5.01 Å². The summed E-state index contributed by atoms with van der Waals surface area (Å²) in [6, 6.07) is 15.3. The molecule has 7 rings (SSSR count). The molecule has 6 atom stereocenters. The molecule has 2 aliphatic carbocycles. The fourth-order valence-corrected chi connectivity index (χ4v) is 8.39. The number of urea groups is 1. The molecule has 6 unspecified atom stereocenters. The number of imide groups is 4. The van der Waals surface area contributed by atoms with E-state index in [1.165, 1.54) is 24.3 Å². The first-order chi connectivity index (χ1) is 23.0. The Bertz CT molecular complexity index is 1920. The number of carbonyl (C=O) groups is 5. The van der Waals surface area contributed by atoms with Crippen LogP contribution in [-0.2, 0) is 24.6 Å². The number of hydrogen-bond acceptors (Lipinski definition) is 8. The summed E-state index contributed by atoms with van der Waals surface area (Å²) in [5, 5.41) is 13.0. The first-order valence-corrected chi connectivity index (χ1v) is 15.9. The summed E-state index contributed by atoms with van der Waals surface area (Å²) in [6.45, 7) is 1.98. The van der Waals surface area contributed by atoms with E-state index in [1.807, 2.05) is 0 Å². The highest BCUT2D eigenvalue weighted by atomic mass is 35.5. The standard InChI is InChI=1S/C35H30ClFN4O7/c1-2-48-26-5-3-4-23(29(26)42)28-21-14-15-22-27(32(45)40(30(22)43)34(38)47)24(21)16-25-31(44)41(39-20-12-10-19(37)11-13-20)33(46)35(25,28)17-6-8-18(36)9-7-17/h3-14,22,24-25,27-28,39,42H,2,15-16H2,1H3,(H2,38,47). The SMILES string of the molecule is CCOc1cccc(C2C3=CCC4C(=O)N(C(N)=O)C(=O)C4C3CC3C(=O)N(Nc4ccc(F)cc4)C(=O)C32c2ccc(Cl)cc2)c1O. The van der Waals surface area contributed by atoms with Gasteiger partial charge < -0.3 is 15.6 Å². The Kier molecular flexibility index (Phi) is 7.50. The average molecular weight is 673 g/mol. The third kappa shape index (κ3) is 4.42. The number of nitrogens with two attached hydrogens (primary N) is 1. The number of halogens is 2. The van der Waals surface area contributed by atoms with E-state index < -0.39 is 70.5 Å². The van der Waals surface area contributed by atoms with Crippen molar-refractivity contribution in [3.63, 3.8) is 0 Å². The molecular weight excluding hydrogens is 643 g/mol. The number of benzene rings is 3. The number of phenolic OH excluding ortho intramolecular Hbond substituents is 1. The number of nitrogens with one attached hydrogen (secondary N) is 1. The smallest absolute Gasteiger partial charge is 0.328 e. The van der Waals surface area contributed by atoms with Crippen LogP contribution in [0.5, 0.6) is 11.5 Å². The van der Waals surface area contributed by atoms with Crippen LogP contribution in [-0.4, -0.2) is 51.3 Å². The zero-order valence-electron chi connectivity index (χ0n) is 25.6. The molecule has 0 aromatic heterocycles. The van der Waals surface area contributed by atoms with Crippen molar-refractivity contribution in [2.45, 2.75) is 31.1 Å². The minimum Gasteiger partial charge on any atom is -0.504 e. The first kappa shape index (κ1) is 31.4. The van der Waals surface area contributed by atoms with Gasteiger partial charge in [0.25, 0.3) is 11.8 Å². The second-order valence-corrected chi connectivity index (χ2v) is 12.8. The lowest BCUT2D eigenvalue weighted by Gasteiger charge is -2.50. The van der Waals surface area contributed by atoms with Crippen LogP contribution in [0.2, 0.25) is 5.02 Å². The Morgan fingerprint density at radius 2 is 1.73 bits per heavy atom. The Balaban J connectivity index is 1.48. The van der Waals surface area contributed by atoms with Crippen molar-refractivity contribution < 1.29 is 38.2 Å². The molecule has 4 N–H and O–H groups in total. The Labute approximate surface area is 279 Å². The normalized spacial score (nSPS) is 27.7. The third-order valence-electron chi connectivity index (χ3n) is 10.1. The molecule has 2 aliphatic heterocycles. The number of allylic oxidation sites excluding steroid dienone is 2. The highest BCUT2D eigenvalue weighted by Crippen LogP contribution is 2.65. The molecule has 6 amide bonds. The highest BCUT2D eigenvalue weighted by Gasteiger charge is 2.71. The van der Waals surface area contributed by atoms with E-state index in [9.17, 15) is 28.7 Å². The second-order valence-electron chi connectivity index (χ2n) is 12.4. The Morgan fingerprint density at radius 1 is 1.02 bits per heavy atom. The Morgan fingerprint density at radius 3 is 2.40 bits per heavy atom. The van der Waals surface area contributed by atoms with Crippen LogP contribution >= 0.6 is 11.6 Å². The number of hydrazine groups is 1. The number of anilines is 1. The number of primary amides is 1. The zero-order valence-corrected chi connectivity index (χ0v) is 26.3. The van der Waals surface area contributed by atoms with Gasteiger partial charge in [0.05, 0.1) is 35.5 Å². The molecule has 11 nitrogen and oxygen atoms in total. The fourth-order valence-electron chi connectivity index (χ4n) is 8.26. The first-order valence-electron chi connectivity index (χ1n) is 15.5. The average Bonchev–Trinajstić information content (AvgIpc) is 3.45. The van der Waals surface area contributed by atoms with Crippen molar-refractivity contribution in [3.8, 4) is 11.5 Å². The van der Waals surface area contributed by atoms with Gasteiger partial charge in [0.15, 0.2) is 11.5 Å². The molecule has 0 radical (unpaired) electrons. The van der Waals surface area contributed by atoms with E-state index in [2.05, 4.69) is 5.43 Å². The molecule has 3 aromatic carbocycles. The van der Waals surface area contributed by atoms with Crippen LogP contribution in [0.3, 0.4) is 0 Å². The van der Waals surface area contributed by atoms with E-state index in [0.29, 0.717) is 21.1 Å². The number of ether oxygens (including phenoxy) is 1. The van der Waals surface area contributed by atoms with E-state index >= 15 is 4.79 Å². The van der Waals surface area contributed by atoms with E-state index in [1.54, 1.807) is 55.5 Å². The number of aromatic hydroxyl groups is 1. The van der Waals surface area contributed by atoms with Gasteiger partial charge in [0.2, 0.25) is 11.8 Å². The summed E-state index contributed by atoms with van der Waals surface area (Å²) in [7, 11) is 0. The summed E-state index contributed by atoms with van der Waals surface area (Å²) in [5.74, 6) is -8.27. The Hall–Kier alpha value is -5.23. The van der Waals surface area contributed by atoms with Crippen LogP contribution in [0, 0.1) is 29.5 Å². The van der Waals surface area contributed by atoms with Gasteiger partial charge in [-0.1, -0.05) is 47.5 Å². The van der Waals surface area contributed by atoms with Gasteiger partial charge >= 0.3 is 6.03 Å². The quantitative estimate of drug-likeness (QED) is 0.252. The molecular formula is C35H30ClFN4O7. The molecule has 1 saturated carbocycles. The largest absolute Gasteiger partial charge is 0.504 e. The predicted molar refractivity (Wildman–Crippen MR) is 170 cm³/mol. The number of para-hydroxylation sites is 1. The van der Waals surface area contributed by atoms with Gasteiger partial charge in [0, 0.05) is 16.5 Å². The zero-order chi connectivity index (χ0) is 34.1. The van der Waals surface area contributed by atoms with Crippen molar-refractivity contribution in [2.24, 2.45) is 29.4 Å². The maximum Gasteiger partial charge on any atom is 0.328 e. The molecule has 3 aromatic rings. The number of likely N-dealkylation sites (tertiary alicyclic amines) is 1. The lowest BCUT2D eigenvalue weighted by Crippen LogP contribution is -2.53. The minimum absolute atomic E-state index is 0.0458. The van der Waals surface area contributed by atoms with Gasteiger partial charge in [-0.2, -0.15) is 9.91 Å². The minimum atomic E-state index is -1.69. The van der Waals surface area contributed by atoms with Crippen molar-refractivity contribution in [3.05, 3.63) is 100 Å². The van der Waals surface area contributed by atoms with Gasteiger partial charge in [-0.25, -0.2) is 9.18 Å². The van der Waals surface area contributed by atoms with Crippen molar-refractivity contribution in [1.82, 2.24) is 9.91 Å². The molecule has 3 fully saturated rings. The van der Waals surface area contributed by atoms with Crippen LogP contribution < -0.4 is 15.9 Å². The van der Waals surface area contributed by atoms with Crippen LogP contribution in [0.1, 0.15) is 36.8 Å². The number of nitrogens with zero attached hydrogens (tertiary/aromatic N) is 2. The molecule has 13 heteroatoms. The molecule has 48 heavy (non-hydrogen) atoms. The van der Waals surface area contributed by atoms with Crippen LogP contribution in [0.4, 0.5) is 14.9 Å². The molecule has 4 aliphatic rings. The second kappa shape index (κ2) is 11.5. The van der Waals surface area contributed by atoms with Crippen LogP contribution in [0.25, 0.3) is 0 Å². The number of amides is 6. The maximum atomic E-state index is 15.1. The number of phenols is 1. The van der Waals surface area contributed by atoms with Crippen molar-refractivity contribution in [2.75, 3.05) is 12.0 Å². The number of fused-ring (bicyclic) bond motifs is 4. The molecule has 2 saturated heterocycles. The van der Waals surface area contributed by atoms with Crippen molar-refractivity contribution in [1.29, 1.82) is 0 Å². The highest BCUT2D eigenvalue weighted by molar-refractivity contribution is 6.30. The van der Waals surface area contributed by atoms with Crippen LogP contribution in [0.15, 0.2) is 78.4 Å². The maximum absolute atomic E-state index is 15.1. The molecule has 0 bridgehead atoms. The van der Waals surface area contributed by atoms with Gasteiger partial charge in [-0.3, -0.25) is 24.6 Å². The predicted octanol–water partition coefficient (Wildman–Crippen LogP) is 4.65. The summed E-state index contributed by atoms with van der Waals surface area (Å²) in [4.78, 5) is 69.4. The van der Waals surface area contributed by atoms with Crippen molar-refractivity contribution >= 4 is 46.9 Å². The summed E-state index contributed by atoms with van der Waals surface area (Å²) in [6.07, 6.45) is 1.80. The number of carbonyl (C=O) groups excluding carboxylic acids is 5. The van der Waals surface area contributed by atoms with Gasteiger partial charge in [-0.15, -0.1) is 0 Å². The summed E-state index contributed by atoms with van der Waals surface area (Å²) >= 11 is 6.29. The van der Waals surface area contributed by atoms with E-state index in [4.69, 9.17) is 22.1 Å². The molecule has 2 heterocycles. The molecule has 0 spiro atoms. The summed E-state index contributed by atoms with van der Waals surface area (Å²) < 4.78 is 19.5. The third-order valence-corrected chi connectivity index (χ3v) is 10.4. The lowest BCUT2D eigenvalue weighted by atomic mass is 9.49. The van der Waals surface area contributed by atoms with Gasteiger partial charge in [-0.05, 0) is 73.7 Å². The monoisotopic (exact) mass is 672 g/mol. The number of rotatable bonds is 6. The molecule has 246 valence electrons. The number of hydrogen-bond donors (Lipinski definition) is 3. The van der Waals surface area contributed by atoms with Gasteiger partial charge in [0.1, 0.15) is 5.82 Å². The fraction of sp³-hybridized carbons (Fsp3) is 0.286.